The number of pyridine rings is 1. The smallest absolute Gasteiger partial charge is 0.162 e. The first-order valence-electron chi connectivity index (χ1n) is 10.3. The number of rotatable bonds is 2. The molecule has 1 N–H and O–H groups in total. The molecule has 6 rings (SSSR count). The van der Waals surface area contributed by atoms with E-state index in [-0.39, 0.29) is 17.7 Å². The van der Waals surface area contributed by atoms with Crippen molar-refractivity contribution in [3.05, 3.63) is 99.9 Å². The number of benzene rings is 2. The van der Waals surface area contributed by atoms with Crippen LogP contribution in [-0.2, 0) is 4.79 Å². The topological polar surface area (TPSA) is 42.0 Å². The molecule has 2 aliphatic rings. The zero-order valence-electron chi connectivity index (χ0n) is 16.3. The fraction of sp³-hybridized carbons (Fsp3) is 0.154. The van der Waals surface area contributed by atoms with Gasteiger partial charge in [-0.05, 0) is 53.1 Å². The molecule has 4 aromatic rings. The highest BCUT2D eigenvalue weighted by Crippen LogP contribution is 2.51. The highest BCUT2D eigenvalue weighted by molar-refractivity contribution is 7.10. The third-order valence-electron chi connectivity index (χ3n) is 6.28. The van der Waals surface area contributed by atoms with Crippen LogP contribution in [0.25, 0.3) is 16.5 Å². The Kier molecular flexibility index (Phi) is 4.06. The van der Waals surface area contributed by atoms with Crippen molar-refractivity contribution in [1.82, 2.24) is 4.98 Å². The SMILES string of the molecule is O=C1C[C@@H](c2ccccc2)CC2=C1[C@H](c1cccs1)Nc1ccc3ncccc3c12. The summed E-state index contributed by atoms with van der Waals surface area (Å²) in [6.07, 6.45) is 3.26. The number of hydrogen-bond acceptors (Lipinski definition) is 4. The van der Waals surface area contributed by atoms with Crippen molar-refractivity contribution >= 4 is 39.3 Å². The average Bonchev–Trinajstić information content (AvgIpc) is 3.33. The van der Waals surface area contributed by atoms with Gasteiger partial charge in [0.2, 0.25) is 0 Å². The van der Waals surface area contributed by atoms with Crippen LogP contribution in [0.4, 0.5) is 5.69 Å². The number of ketones is 1. The van der Waals surface area contributed by atoms with E-state index in [0.717, 1.165) is 34.1 Å². The van der Waals surface area contributed by atoms with Gasteiger partial charge >= 0.3 is 0 Å². The lowest BCUT2D eigenvalue weighted by Crippen LogP contribution is -2.29. The second-order valence-electron chi connectivity index (χ2n) is 7.98. The highest BCUT2D eigenvalue weighted by Gasteiger charge is 2.38. The van der Waals surface area contributed by atoms with Gasteiger partial charge in [0, 0.05) is 39.7 Å². The summed E-state index contributed by atoms with van der Waals surface area (Å²) in [5, 5.41) is 6.87. The number of thiophene rings is 1. The maximum absolute atomic E-state index is 13.6. The fourth-order valence-corrected chi connectivity index (χ4v) is 5.74. The molecular formula is C26H20N2OS. The molecule has 0 amide bonds. The lowest BCUT2D eigenvalue weighted by molar-refractivity contribution is -0.116. The standard InChI is InChI=1S/C26H20N2OS/c29-22-15-17(16-6-2-1-3-7-16)14-19-24-18-8-4-12-27-20(18)10-11-21(24)28-26(25(19)22)23-9-5-13-30-23/h1-13,17,26,28H,14-15H2/t17-,26-/m0/s1. The molecule has 0 radical (unpaired) electrons. The van der Waals surface area contributed by atoms with Crippen LogP contribution in [0.2, 0.25) is 0 Å². The number of allylic oxidation sites excluding steroid dienone is 1. The van der Waals surface area contributed by atoms with E-state index in [0.29, 0.717) is 6.42 Å². The van der Waals surface area contributed by atoms with Crippen LogP contribution in [0, 0.1) is 0 Å². The molecule has 0 saturated heterocycles. The predicted molar refractivity (Wildman–Crippen MR) is 123 cm³/mol. The van der Waals surface area contributed by atoms with E-state index in [1.807, 2.05) is 18.3 Å². The molecule has 3 heterocycles. The molecule has 30 heavy (non-hydrogen) atoms. The Morgan fingerprint density at radius 1 is 0.933 bits per heavy atom. The van der Waals surface area contributed by atoms with Gasteiger partial charge in [-0.3, -0.25) is 9.78 Å². The number of hydrogen-bond donors (Lipinski definition) is 1. The number of Topliss-reactive ketones (excluding diaryl/α,β-unsaturated/α-hetero) is 1. The fourth-order valence-electron chi connectivity index (χ4n) is 4.96. The van der Waals surface area contributed by atoms with Crippen LogP contribution in [-0.4, -0.2) is 10.8 Å². The largest absolute Gasteiger partial charge is 0.373 e. The van der Waals surface area contributed by atoms with E-state index in [4.69, 9.17) is 0 Å². The normalized spacial score (nSPS) is 20.6. The summed E-state index contributed by atoms with van der Waals surface area (Å²) >= 11 is 1.70. The van der Waals surface area contributed by atoms with Gasteiger partial charge in [0.05, 0.1) is 11.6 Å². The van der Waals surface area contributed by atoms with Gasteiger partial charge < -0.3 is 5.32 Å². The minimum atomic E-state index is -0.0779. The highest BCUT2D eigenvalue weighted by atomic mass is 32.1. The minimum absolute atomic E-state index is 0.0779. The van der Waals surface area contributed by atoms with Gasteiger partial charge in [-0.2, -0.15) is 0 Å². The summed E-state index contributed by atoms with van der Waals surface area (Å²) in [6, 6.07) is 22.8. The van der Waals surface area contributed by atoms with E-state index in [1.54, 1.807) is 11.3 Å². The van der Waals surface area contributed by atoms with E-state index >= 15 is 0 Å². The number of aromatic nitrogens is 1. The molecule has 0 saturated carbocycles. The maximum atomic E-state index is 13.6. The molecular weight excluding hydrogens is 388 g/mol. The van der Waals surface area contributed by atoms with Crippen LogP contribution in [0.1, 0.15) is 40.8 Å². The molecule has 4 heteroatoms. The first kappa shape index (κ1) is 17.6. The molecule has 1 aliphatic heterocycles. The lowest BCUT2D eigenvalue weighted by Gasteiger charge is -2.37. The Morgan fingerprint density at radius 3 is 2.67 bits per heavy atom. The quantitative estimate of drug-likeness (QED) is 0.419. The number of carbonyl (C=O) groups excluding carboxylic acids is 1. The van der Waals surface area contributed by atoms with Crippen LogP contribution in [0.5, 0.6) is 0 Å². The first-order valence-corrected chi connectivity index (χ1v) is 11.2. The van der Waals surface area contributed by atoms with Gasteiger partial charge in [0.25, 0.3) is 0 Å². The van der Waals surface area contributed by atoms with Crippen molar-refractivity contribution in [2.75, 3.05) is 5.32 Å². The zero-order valence-corrected chi connectivity index (χ0v) is 17.2. The van der Waals surface area contributed by atoms with Crippen molar-refractivity contribution in [2.45, 2.75) is 24.8 Å². The van der Waals surface area contributed by atoms with E-state index in [2.05, 4.69) is 70.3 Å². The first-order chi connectivity index (χ1) is 14.8. The van der Waals surface area contributed by atoms with Gasteiger partial charge in [0.1, 0.15) is 0 Å². The monoisotopic (exact) mass is 408 g/mol. The summed E-state index contributed by atoms with van der Waals surface area (Å²) in [5.41, 5.74) is 6.57. The maximum Gasteiger partial charge on any atom is 0.162 e. The molecule has 3 nitrogen and oxygen atoms in total. The lowest BCUT2D eigenvalue weighted by atomic mass is 9.72. The third kappa shape index (κ3) is 2.71. The summed E-state index contributed by atoms with van der Waals surface area (Å²) in [6.45, 7) is 0. The molecule has 2 aromatic heterocycles. The number of fused-ring (bicyclic) bond motifs is 4. The Morgan fingerprint density at radius 2 is 1.83 bits per heavy atom. The van der Waals surface area contributed by atoms with Crippen molar-refractivity contribution in [1.29, 1.82) is 0 Å². The molecule has 0 unspecified atom stereocenters. The van der Waals surface area contributed by atoms with Crippen LogP contribution in [0.15, 0.2) is 83.9 Å². The zero-order chi connectivity index (χ0) is 20.1. The number of nitrogens with one attached hydrogen (secondary N) is 1. The molecule has 146 valence electrons. The van der Waals surface area contributed by atoms with Crippen LogP contribution >= 0.6 is 11.3 Å². The van der Waals surface area contributed by atoms with Gasteiger partial charge in [-0.1, -0.05) is 42.5 Å². The Bertz CT molecular complexity index is 1290. The average molecular weight is 409 g/mol. The second-order valence-corrected chi connectivity index (χ2v) is 8.96. The van der Waals surface area contributed by atoms with Crippen LogP contribution in [0.3, 0.4) is 0 Å². The van der Waals surface area contributed by atoms with Gasteiger partial charge in [-0.25, -0.2) is 0 Å². The van der Waals surface area contributed by atoms with Crippen molar-refractivity contribution in [3.8, 4) is 0 Å². The van der Waals surface area contributed by atoms with E-state index in [1.165, 1.54) is 16.0 Å². The molecule has 2 aromatic carbocycles. The summed E-state index contributed by atoms with van der Waals surface area (Å²) in [4.78, 5) is 19.3. The third-order valence-corrected chi connectivity index (χ3v) is 7.22. The molecule has 1 aliphatic carbocycles. The Labute approximate surface area is 179 Å². The summed E-state index contributed by atoms with van der Waals surface area (Å²) in [5.74, 6) is 0.460. The predicted octanol–water partition coefficient (Wildman–Crippen LogP) is 6.36. The van der Waals surface area contributed by atoms with E-state index in [9.17, 15) is 4.79 Å². The van der Waals surface area contributed by atoms with Crippen LogP contribution < -0.4 is 5.32 Å². The summed E-state index contributed by atoms with van der Waals surface area (Å²) < 4.78 is 0. The van der Waals surface area contributed by atoms with Gasteiger partial charge in [-0.15, -0.1) is 11.3 Å². The minimum Gasteiger partial charge on any atom is -0.373 e. The summed E-state index contributed by atoms with van der Waals surface area (Å²) in [7, 11) is 0. The Balaban J connectivity index is 1.59. The van der Waals surface area contributed by atoms with Gasteiger partial charge in [0.15, 0.2) is 5.78 Å². The van der Waals surface area contributed by atoms with Crippen molar-refractivity contribution in [2.24, 2.45) is 0 Å². The molecule has 0 bridgehead atoms. The second kappa shape index (κ2) is 6.92. The molecule has 0 fully saturated rings. The van der Waals surface area contributed by atoms with E-state index < -0.39 is 0 Å². The number of carbonyl (C=O) groups is 1. The Hall–Kier alpha value is -3.24. The van der Waals surface area contributed by atoms with Crippen molar-refractivity contribution < 1.29 is 4.79 Å². The number of nitrogens with zero attached hydrogens (tertiary/aromatic N) is 1. The van der Waals surface area contributed by atoms with Crippen molar-refractivity contribution in [3.63, 3.8) is 0 Å². The number of anilines is 1. The molecule has 2 atom stereocenters. The molecule has 0 spiro atoms.